The maximum absolute atomic E-state index is 5.74. The van der Waals surface area contributed by atoms with Gasteiger partial charge in [0.25, 0.3) is 0 Å². The third kappa shape index (κ3) is 6.69. The Hall–Kier alpha value is -2.70. The summed E-state index contributed by atoms with van der Waals surface area (Å²) in [6, 6.07) is 8.23. The van der Waals surface area contributed by atoms with Crippen LogP contribution in [-0.4, -0.2) is 42.5 Å². The average Bonchev–Trinajstić information content (AvgIpc) is 3.02. The van der Waals surface area contributed by atoms with Crippen molar-refractivity contribution >= 4 is 5.96 Å². The molecule has 0 bridgehead atoms. The van der Waals surface area contributed by atoms with Gasteiger partial charge in [0, 0.05) is 25.8 Å². The van der Waals surface area contributed by atoms with Gasteiger partial charge in [-0.3, -0.25) is 9.67 Å². The molecule has 0 aliphatic rings. The molecule has 0 fully saturated rings. The number of benzene rings is 1. The lowest BCUT2D eigenvalue weighted by Crippen LogP contribution is -2.39. The van der Waals surface area contributed by atoms with Crippen LogP contribution in [0.15, 0.2) is 29.3 Å². The maximum atomic E-state index is 5.74. The summed E-state index contributed by atoms with van der Waals surface area (Å²) in [4.78, 5) is 4.34. The summed E-state index contributed by atoms with van der Waals surface area (Å²) in [6.45, 7) is 13.1. The molecule has 1 aromatic heterocycles. The summed E-state index contributed by atoms with van der Waals surface area (Å²) in [5.74, 6) is 2.32. The lowest BCUT2D eigenvalue weighted by atomic mass is 10.1. The molecule has 0 aliphatic carbocycles. The zero-order valence-corrected chi connectivity index (χ0v) is 18.6. The van der Waals surface area contributed by atoms with Gasteiger partial charge in [-0.25, -0.2) is 0 Å². The number of aromatic nitrogens is 2. The Bertz CT molecular complexity index is 800. The number of hydrogen-bond acceptors (Lipinski definition) is 4. The Labute approximate surface area is 174 Å². The first-order valence-electron chi connectivity index (χ1n) is 10.4. The van der Waals surface area contributed by atoms with Crippen molar-refractivity contribution in [1.29, 1.82) is 0 Å². The number of guanidine groups is 1. The highest BCUT2D eigenvalue weighted by Gasteiger charge is 2.12. The highest BCUT2D eigenvalue weighted by molar-refractivity contribution is 5.80. The Morgan fingerprint density at radius 3 is 2.48 bits per heavy atom. The van der Waals surface area contributed by atoms with E-state index in [1.54, 1.807) is 7.05 Å². The number of nitrogens with zero attached hydrogens (tertiary/aromatic N) is 3. The van der Waals surface area contributed by atoms with Crippen molar-refractivity contribution in [3.05, 3.63) is 41.2 Å². The summed E-state index contributed by atoms with van der Waals surface area (Å²) in [5, 5.41) is 11.3. The predicted molar refractivity (Wildman–Crippen MR) is 118 cm³/mol. The number of hydrogen-bond donors (Lipinski definition) is 2. The van der Waals surface area contributed by atoms with Crippen molar-refractivity contribution in [3.8, 4) is 11.5 Å². The Kier molecular flexibility index (Phi) is 8.83. The molecule has 0 aliphatic heterocycles. The molecule has 0 saturated heterocycles. The highest BCUT2D eigenvalue weighted by atomic mass is 16.5. The van der Waals surface area contributed by atoms with Gasteiger partial charge in [0.15, 0.2) is 17.5 Å². The maximum Gasteiger partial charge on any atom is 0.191 e. The largest absolute Gasteiger partial charge is 0.490 e. The van der Waals surface area contributed by atoms with Gasteiger partial charge in [0.05, 0.1) is 24.9 Å². The van der Waals surface area contributed by atoms with E-state index in [1.807, 2.05) is 37.6 Å². The minimum absolute atomic E-state index is 0.0760. The van der Waals surface area contributed by atoms with Crippen LogP contribution in [-0.2, 0) is 6.54 Å². The van der Waals surface area contributed by atoms with Crippen LogP contribution in [0.2, 0.25) is 0 Å². The van der Waals surface area contributed by atoms with Crippen LogP contribution in [0.3, 0.4) is 0 Å². The minimum Gasteiger partial charge on any atom is -0.490 e. The fourth-order valence-electron chi connectivity index (χ4n) is 3.16. The summed E-state index contributed by atoms with van der Waals surface area (Å²) in [5.41, 5.74) is 3.37. The zero-order valence-electron chi connectivity index (χ0n) is 18.6. The molecule has 2 rings (SSSR count). The van der Waals surface area contributed by atoms with Crippen molar-refractivity contribution in [1.82, 2.24) is 20.4 Å². The van der Waals surface area contributed by atoms with Crippen LogP contribution in [0.25, 0.3) is 0 Å². The van der Waals surface area contributed by atoms with E-state index in [2.05, 4.69) is 46.7 Å². The van der Waals surface area contributed by atoms with Crippen LogP contribution in [0.1, 0.15) is 50.2 Å². The van der Waals surface area contributed by atoms with Gasteiger partial charge in [0.1, 0.15) is 0 Å². The molecule has 1 heterocycles. The molecule has 1 aromatic carbocycles. The first-order valence-corrected chi connectivity index (χ1v) is 10.4. The average molecular weight is 402 g/mol. The normalized spacial score (nSPS) is 12.6. The molecule has 0 radical (unpaired) electrons. The minimum atomic E-state index is 0.0760. The van der Waals surface area contributed by atoms with Gasteiger partial charge in [0.2, 0.25) is 0 Å². The third-order valence-electron chi connectivity index (χ3n) is 4.59. The van der Waals surface area contributed by atoms with Crippen LogP contribution >= 0.6 is 0 Å². The van der Waals surface area contributed by atoms with Crippen LogP contribution in [0.5, 0.6) is 11.5 Å². The van der Waals surface area contributed by atoms with Gasteiger partial charge < -0.3 is 20.1 Å². The first kappa shape index (κ1) is 22.6. The summed E-state index contributed by atoms with van der Waals surface area (Å²) < 4.78 is 13.4. The number of rotatable bonds is 10. The topological polar surface area (TPSA) is 72.7 Å². The number of nitrogens with one attached hydrogen (secondary N) is 2. The Morgan fingerprint density at radius 1 is 1.14 bits per heavy atom. The van der Waals surface area contributed by atoms with E-state index in [4.69, 9.17) is 9.47 Å². The lowest BCUT2D eigenvalue weighted by molar-refractivity contribution is 0.287. The van der Waals surface area contributed by atoms with Crippen molar-refractivity contribution in [2.45, 2.75) is 53.6 Å². The van der Waals surface area contributed by atoms with Crippen molar-refractivity contribution in [2.24, 2.45) is 4.99 Å². The van der Waals surface area contributed by atoms with E-state index < -0.39 is 0 Å². The molecule has 1 unspecified atom stereocenters. The molecule has 7 heteroatoms. The summed E-state index contributed by atoms with van der Waals surface area (Å²) >= 11 is 0. The van der Waals surface area contributed by atoms with E-state index in [1.165, 1.54) is 5.69 Å². The van der Waals surface area contributed by atoms with Gasteiger partial charge >= 0.3 is 0 Å². The van der Waals surface area contributed by atoms with E-state index in [0.717, 1.165) is 48.2 Å². The van der Waals surface area contributed by atoms with Gasteiger partial charge in [-0.1, -0.05) is 6.07 Å². The monoisotopic (exact) mass is 401 g/mol. The van der Waals surface area contributed by atoms with E-state index in [9.17, 15) is 0 Å². The van der Waals surface area contributed by atoms with Crippen LogP contribution in [0.4, 0.5) is 0 Å². The van der Waals surface area contributed by atoms with Crippen molar-refractivity contribution < 1.29 is 9.47 Å². The Morgan fingerprint density at radius 2 is 1.86 bits per heavy atom. The Balaban J connectivity index is 1.89. The smallest absolute Gasteiger partial charge is 0.191 e. The molecule has 2 N–H and O–H groups in total. The number of aryl methyl sites for hydroxylation is 3. The molecule has 29 heavy (non-hydrogen) atoms. The molecule has 7 nitrogen and oxygen atoms in total. The van der Waals surface area contributed by atoms with Crippen molar-refractivity contribution in [3.63, 3.8) is 0 Å². The van der Waals surface area contributed by atoms with E-state index >= 15 is 0 Å². The summed E-state index contributed by atoms with van der Waals surface area (Å²) in [7, 11) is 1.78. The summed E-state index contributed by atoms with van der Waals surface area (Å²) in [6.07, 6.45) is 0.967. The lowest BCUT2D eigenvalue weighted by Gasteiger charge is -2.20. The predicted octanol–water partition coefficient (Wildman–Crippen LogP) is 3.61. The first-order chi connectivity index (χ1) is 14.0. The molecule has 0 amide bonds. The molecule has 0 spiro atoms. The molecule has 1 atom stereocenters. The fourth-order valence-corrected chi connectivity index (χ4v) is 3.16. The number of aliphatic imine (C=N–C) groups is 1. The third-order valence-corrected chi connectivity index (χ3v) is 4.59. The SMILES string of the molecule is CCOc1ccc(C(C)NC(=NC)NCCCn2nc(C)cc2C)cc1OCC. The molecule has 160 valence electrons. The fraction of sp³-hybridized carbons (Fsp3) is 0.545. The molecular weight excluding hydrogens is 366 g/mol. The molecular formula is C22H35N5O2. The number of ether oxygens (including phenoxy) is 2. The van der Waals surface area contributed by atoms with Gasteiger partial charge in [-0.15, -0.1) is 0 Å². The van der Waals surface area contributed by atoms with Gasteiger partial charge in [-0.2, -0.15) is 5.10 Å². The van der Waals surface area contributed by atoms with Gasteiger partial charge in [-0.05, 0) is 64.8 Å². The van der Waals surface area contributed by atoms with Crippen molar-refractivity contribution in [2.75, 3.05) is 26.8 Å². The van der Waals surface area contributed by atoms with E-state index in [-0.39, 0.29) is 6.04 Å². The molecule has 0 saturated carbocycles. The van der Waals surface area contributed by atoms with Crippen LogP contribution < -0.4 is 20.1 Å². The standard InChI is InChI=1S/C22H35N5O2/c1-7-28-20-11-10-19(15-21(20)29-8-2)18(5)25-22(23-6)24-12-9-13-27-17(4)14-16(3)26-27/h10-11,14-15,18H,7-9,12-13H2,1-6H3,(H2,23,24,25). The quantitative estimate of drug-likeness (QED) is 0.361. The second-order valence-corrected chi connectivity index (χ2v) is 6.94. The molecule has 2 aromatic rings. The second kappa shape index (κ2) is 11.3. The highest BCUT2D eigenvalue weighted by Crippen LogP contribution is 2.30. The van der Waals surface area contributed by atoms with E-state index in [0.29, 0.717) is 13.2 Å². The zero-order chi connectivity index (χ0) is 21.2. The van der Waals surface area contributed by atoms with Crippen LogP contribution in [0, 0.1) is 13.8 Å². The second-order valence-electron chi connectivity index (χ2n) is 6.94.